The van der Waals surface area contributed by atoms with Crippen LogP contribution >= 0.6 is 23.2 Å². The van der Waals surface area contributed by atoms with Crippen LogP contribution in [0.25, 0.3) is 0 Å². The molecule has 6 nitrogen and oxygen atoms in total. The van der Waals surface area contributed by atoms with Crippen LogP contribution in [-0.2, 0) is 20.9 Å². The molecule has 1 aromatic carbocycles. The zero-order chi connectivity index (χ0) is 26.2. The van der Waals surface area contributed by atoms with Crippen LogP contribution in [0.1, 0.15) is 43.7 Å². The summed E-state index contributed by atoms with van der Waals surface area (Å²) in [6.45, 7) is 7.46. The lowest BCUT2D eigenvalue weighted by molar-refractivity contribution is -0.138. The van der Waals surface area contributed by atoms with E-state index in [-0.39, 0.29) is 29.1 Å². The molecule has 0 saturated heterocycles. The predicted molar refractivity (Wildman–Crippen MR) is 142 cm³/mol. The minimum Gasteiger partial charge on any atom is -0.476 e. The lowest BCUT2D eigenvalue weighted by Crippen LogP contribution is -2.34. The first-order chi connectivity index (χ1) is 17.3. The highest BCUT2D eigenvalue weighted by Crippen LogP contribution is 2.39. The number of carbonyl (C=O) groups excluding carboxylic acids is 2. The molecule has 0 aliphatic heterocycles. The number of rotatable bonds is 9. The highest BCUT2D eigenvalue weighted by Gasteiger charge is 2.30. The van der Waals surface area contributed by atoms with Crippen LogP contribution in [0.5, 0.6) is 5.75 Å². The van der Waals surface area contributed by atoms with E-state index in [1.165, 1.54) is 17.0 Å². The highest BCUT2D eigenvalue weighted by molar-refractivity contribution is 6.37. The summed E-state index contributed by atoms with van der Waals surface area (Å²) >= 11 is 13.0. The molecule has 1 amide bonds. The molecule has 0 fully saturated rings. The average molecular weight is 527 g/mol. The minimum absolute atomic E-state index is 0.0689. The second-order valence-electron chi connectivity index (χ2n) is 8.41. The van der Waals surface area contributed by atoms with Gasteiger partial charge in [-0.25, -0.2) is 4.79 Å². The summed E-state index contributed by atoms with van der Waals surface area (Å²) in [5.41, 5.74) is 2.94. The zero-order valence-electron chi connectivity index (χ0n) is 20.4. The van der Waals surface area contributed by atoms with E-state index in [9.17, 15) is 9.59 Å². The second-order valence-corrected chi connectivity index (χ2v) is 9.22. The molecular weight excluding hydrogens is 499 g/mol. The van der Waals surface area contributed by atoms with E-state index in [2.05, 4.69) is 17.5 Å². The number of nitrogens with zero attached hydrogens (tertiary/aromatic N) is 2. The quantitative estimate of drug-likeness (QED) is 0.220. The first-order valence-electron chi connectivity index (χ1n) is 11.6. The Morgan fingerprint density at radius 1 is 1.25 bits per heavy atom. The fraction of sp³-hybridized carbons (Fsp3) is 0.321. The number of benzene rings is 1. The lowest BCUT2D eigenvalue weighted by atomic mass is 9.90. The van der Waals surface area contributed by atoms with Gasteiger partial charge in [0.05, 0.1) is 22.3 Å². The van der Waals surface area contributed by atoms with Crippen molar-refractivity contribution in [2.45, 2.75) is 52.2 Å². The maximum Gasteiger partial charge on any atom is 0.334 e. The molecule has 3 rings (SSSR count). The van der Waals surface area contributed by atoms with Crippen molar-refractivity contribution in [2.75, 3.05) is 11.5 Å². The van der Waals surface area contributed by atoms with Gasteiger partial charge in [0.15, 0.2) is 6.10 Å². The van der Waals surface area contributed by atoms with Crippen molar-refractivity contribution < 1.29 is 19.1 Å². The molecule has 1 heterocycles. The van der Waals surface area contributed by atoms with Crippen molar-refractivity contribution in [1.29, 1.82) is 0 Å². The van der Waals surface area contributed by atoms with Gasteiger partial charge < -0.3 is 14.4 Å². The number of anilines is 1. The minimum atomic E-state index is -0.548. The molecule has 1 atom stereocenters. The standard InChI is InChI=1S/C28H28Cl2N2O4/c1-5-13-35-28(34)22-10-8-7-9-21(22)27(33)32(17-20-16-31-12-11-18(20)3)25-15-26(36-19(4)6-2)24(30)14-23(25)29/h2,5,11-12,14-16,19H,1,7-10,13,17H2,3-4H3. The van der Waals surface area contributed by atoms with Crippen molar-refractivity contribution in [3.05, 3.63) is 75.6 Å². The van der Waals surface area contributed by atoms with E-state index in [0.29, 0.717) is 35.4 Å². The highest BCUT2D eigenvalue weighted by atomic mass is 35.5. The number of terminal acetylenes is 1. The summed E-state index contributed by atoms with van der Waals surface area (Å²) in [6.07, 6.45) is 12.3. The number of aryl methyl sites for hydroxylation is 1. The number of halogens is 2. The lowest BCUT2D eigenvalue weighted by Gasteiger charge is -2.29. The van der Waals surface area contributed by atoms with Crippen LogP contribution in [0, 0.1) is 19.3 Å². The monoisotopic (exact) mass is 526 g/mol. The van der Waals surface area contributed by atoms with Crippen molar-refractivity contribution >= 4 is 40.8 Å². The van der Waals surface area contributed by atoms with E-state index in [1.807, 2.05) is 13.0 Å². The van der Waals surface area contributed by atoms with Gasteiger partial charge >= 0.3 is 5.97 Å². The average Bonchev–Trinajstić information content (AvgIpc) is 2.88. The van der Waals surface area contributed by atoms with Crippen LogP contribution in [0.3, 0.4) is 0 Å². The van der Waals surface area contributed by atoms with E-state index in [4.69, 9.17) is 39.1 Å². The Balaban J connectivity index is 2.13. The Kier molecular flexibility index (Phi) is 9.58. The molecule has 8 heteroatoms. The summed E-state index contributed by atoms with van der Waals surface area (Å²) in [6, 6.07) is 4.98. The molecule has 1 aliphatic rings. The van der Waals surface area contributed by atoms with Gasteiger partial charge in [-0.15, -0.1) is 6.42 Å². The fourth-order valence-corrected chi connectivity index (χ4v) is 4.42. The molecule has 1 aromatic heterocycles. The zero-order valence-corrected chi connectivity index (χ0v) is 21.9. The van der Waals surface area contributed by atoms with E-state index >= 15 is 0 Å². The van der Waals surface area contributed by atoms with Gasteiger partial charge in [-0.05, 0) is 62.8 Å². The van der Waals surface area contributed by atoms with Gasteiger partial charge in [-0.1, -0.05) is 41.8 Å². The number of aromatic nitrogens is 1. The third-order valence-electron chi connectivity index (χ3n) is 5.86. The molecule has 36 heavy (non-hydrogen) atoms. The molecule has 0 radical (unpaired) electrons. The number of ether oxygens (including phenoxy) is 2. The van der Waals surface area contributed by atoms with Gasteiger partial charge in [0, 0.05) is 29.6 Å². The molecule has 0 N–H and O–H groups in total. The third kappa shape index (κ3) is 6.48. The SMILES string of the molecule is C#CC(C)Oc1cc(N(Cc2cnccc2C)C(=O)C2=C(C(=O)OCC=C)CCCC2)c(Cl)cc1Cl. The van der Waals surface area contributed by atoms with Gasteiger partial charge in [0.2, 0.25) is 0 Å². The molecule has 0 spiro atoms. The maximum absolute atomic E-state index is 14.1. The summed E-state index contributed by atoms with van der Waals surface area (Å²) in [5, 5.41) is 0.518. The van der Waals surface area contributed by atoms with E-state index in [0.717, 1.165) is 24.0 Å². The van der Waals surface area contributed by atoms with Crippen molar-refractivity contribution in [2.24, 2.45) is 0 Å². The van der Waals surface area contributed by atoms with Crippen molar-refractivity contribution in [1.82, 2.24) is 4.98 Å². The normalized spacial score (nSPS) is 14.0. The first kappa shape index (κ1) is 27.3. The Hall–Kier alpha value is -3.27. The number of hydrogen-bond donors (Lipinski definition) is 0. The molecule has 1 unspecified atom stereocenters. The number of hydrogen-bond acceptors (Lipinski definition) is 5. The van der Waals surface area contributed by atoms with E-state index in [1.54, 1.807) is 25.4 Å². The van der Waals surface area contributed by atoms with Crippen LogP contribution in [0.2, 0.25) is 10.0 Å². The van der Waals surface area contributed by atoms with Gasteiger partial charge in [0.1, 0.15) is 12.4 Å². The number of pyridine rings is 1. The summed E-state index contributed by atoms with van der Waals surface area (Å²) in [4.78, 5) is 32.6. The number of carbonyl (C=O) groups is 2. The Morgan fingerprint density at radius 3 is 2.64 bits per heavy atom. The van der Waals surface area contributed by atoms with Crippen LogP contribution in [0.15, 0.2) is 54.4 Å². The fourth-order valence-electron chi connectivity index (χ4n) is 3.89. The molecule has 0 saturated carbocycles. The van der Waals surface area contributed by atoms with Crippen molar-refractivity contribution in [3.8, 4) is 18.1 Å². The largest absolute Gasteiger partial charge is 0.476 e. The summed E-state index contributed by atoms with van der Waals surface area (Å²) in [7, 11) is 0. The first-order valence-corrected chi connectivity index (χ1v) is 12.4. The second kappa shape index (κ2) is 12.6. The van der Waals surface area contributed by atoms with Crippen LogP contribution < -0.4 is 9.64 Å². The molecule has 0 bridgehead atoms. The summed E-state index contributed by atoms with van der Waals surface area (Å²) < 4.78 is 11.0. The van der Waals surface area contributed by atoms with Gasteiger partial charge in [-0.3, -0.25) is 9.78 Å². The molecule has 1 aliphatic carbocycles. The number of esters is 1. The van der Waals surface area contributed by atoms with Gasteiger partial charge in [-0.2, -0.15) is 0 Å². The summed E-state index contributed by atoms with van der Waals surface area (Å²) in [5.74, 6) is 1.94. The van der Waals surface area contributed by atoms with E-state index < -0.39 is 12.1 Å². The van der Waals surface area contributed by atoms with Crippen molar-refractivity contribution in [3.63, 3.8) is 0 Å². The molecule has 2 aromatic rings. The topological polar surface area (TPSA) is 68.7 Å². The van der Waals surface area contributed by atoms with Gasteiger partial charge in [0.25, 0.3) is 5.91 Å². The molecular formula is C28H28Cl2N2O4. The Labute approximate surface area is 221 Å². The smallest absolute Gasteiger partial charge is 0.334 e. The third-order valence-corrected chi connectivity index (χ3v) is 6.45. The predicted octanol–water partition coefficient (Wildman–Crippen LogP) is 6.23. The maximum atomic E-state index is 14.1. The number of amides is 1. The van der Waals surface area contributed by atoms with Crippen LogP contribution in [0.4, 0.5) is 5.69 Å². The van der Waals surface area contributed by atoms with Crippen LogP contribution in [-0.4, -0.2) is 29.6 Å². The Bertz CT molecular complexity index is 1230. The molecule has 188 valence electrons. The Morgan fingerprint density at radius 2 is 1.97 bits per heavy atom.